The third-order valence-corrected chi connectivity index (χ3v) is 4.90. The maximum Gasteiger partial charge on any atom is 0.318 e. The van der Waals surface area contributed by atoms with Gasteiger partial charge in [0.25, 0.3) is 0 Å². The standard InChI is InChI=1S/C19H20N4O3S/c1-25-14-5-3-13(4-6-14)7-9-20-18-11-16(22-19(23-18)26-2)15-8-10-27-17(15)12-21-24/h3-6,8,10-11H,7,9,12H2,1-2H3,(H,20,22,23). The zero-order valence-electron chi connectivity index (χ0n) is 15.1. The first-order valence-electron chi connectivity index (χ1n) is 8.39. The van der Waals surface area contributed by atoms with Crippen LogP contribution in [0, 0.1) is 4.91 Å². The molecule has 0 saturated carbocycles. The third-order valence-electron chi connectivity index (χ3n) is 4.00. The maximum absolute atomic E-state index is 10.6. The lowest BCUT2D eigenvalue weighted by Gasteiger charge is -2.10. The normalized spacial score (nSPS) is 10.4. The highest BCUT2D eigenvalue weighted by Gasteiger charge is 2.12. The number of thiophene rings is 1. The van der Waals surface area contributed by atoms with Crippen LogP contribution in [0.1, 0.15) is 10.4 Å². The van der Waals surface area contributed by atoms with E-state index in [1.54, 1.807) is 7.11 Å². The topological polar surface area (TPSA) is 85.7 Å². The van der Waals surface area contributed by atoms with Gasteiger partial charge in [-0.15, -0.1) is 11.3 Å². The van der Waals surface area contributed by atoms with E-state index in [9.17, 15) is 4.91 Å². The summed E-state index contributed by atoms with van der Waals surface area (Å²) in [7, 11) is 3.18. The van der Waals surface area contributed by atoms with Crippen molar-refractivity contribution in [1.29, 1.82) is 0 Å². The molecule has 0 aliphatic rings. The number of nitrogens with one attached hydrogen (secondary N) is 1. The van der Waals surface area contributed by atoms with Gasteiger partial charge in [-0.1, -0.05) is 17.3 Å². The number of methoxy groups -OCH3 is 2. The molecule has 0 bridgehead atoms. The van der Waals surface area contributed by atoms with Crippen LogP contribution >= 0.6 is 11.3 Å². The minimum Gasteiger partial charge on any atom is -0.497 e. The lowest BCUT2D eigenvalue weighted by atomic mass is 10.1. The average molecular weight is 384 g/mol. The summed E-state index contributed by atoms with van der Waals surface area (Å²) in [6.45, 7) is 0.831. The van der Waals surface area contributed by atoms with E-state index in [2.05, 4.69) is 20.5 Å². The Balaban J connectivity index is 1.73. The molecular formula is C19H20N4O3S. The molecule has 0 saturated heterocycles. The Morgan fingerprint density at radius 3 is 2.63 bits per heavy atom. The van der Waals surface area contributed by atoms with Crippen LogP contribution in [0.5, 0.6) is 11.8 Å². The smallest absolute Gasteiger partial charge is 0.318 e. The predicted molar refractivity (Wildman–Crippen MR) is 107 cm³/mol. The van der Waals surface area contributed by atoms with Crippen molar-refractivity contribution < 1.29 is 9.47 Å². The van der Waals surface area contributed by atoms with Gasteiger partial charge in [-0.25, -0.2) is 0 Å². The number of hydrogen-bond acceptors (Lipinski definition) is 8. The van der Waals surface area contributed by atoms with Gasteiger partial charge in [0.2, 0.25) is 0 Å². The van der Waals surface area contributed by atoms with Crippen molar-refractivity contribution in [3.05, 3.63) is 57.1 Å². The highest BCUT2D eigenvalue weighted by molar-refractivity contribution is 7.10. The van der Waals surface area contributed by atoms with Gasteiger partial charge in [0.1, 0.15) is 18.1 Å². The molecule has 2 aromatic heterocycles. The Morgan fingerprint density at radius 1 is 1.11 bits per heavy atom. The van der Waals surface area contributed by atoms with Crippen molar-refractivity contribution in [2.24, 2.45) is 5.18 Å². The summed E-state index contributed by atoms with van der Waals surface area (Å²) in [4.78, 5) is 20.3. The molecule has 0 unspecified atom stereocenters. The Labute approximate surface area is 161 Å². The van der Waals surface area contributed by atoms with Crippen LogP contribution in [0.25, 0.3) is 11.3 Å². The van der Waals surface area contributed by atoms with E-state index in [0.717, 1.165) is 22.6 Å². The van der Waals surface area contributed by atoms with Gasteiger partial charge in [0.05, 0.1) is 19.9 Å². The zero-order chi connectivity index (χ0) is 19.1. The van der Waals surface area contributed by atoms with E-state index in [1.165, 1.54) is 24.0 Å². The first-order valence-corrected chi connectivity index (χ1v) is 9.27. The summed E-state index contributed by atoms with van der Waals surface area (Å²) < 4.78 is 10.4. The first kappa shape index (κ1) is 18.8. The van der Waals surface area contributed by atoms with Gasteiger partial charge in [-0.2, -0.15) is 14.9 Å². The largest absolute Gasteiger partial charge is 0.497 e. The summed E-state index contributed by atoms with van der Waals surface area (Å²) in [6, 6.07) is 12.0. The van der Waals surface area contributed by atoms with Crippen LogP contribution in [-0.4, -0.2) is 30.7 Å². The molecule has 0 spiro atoms. The summed E-state index contributed by atoms with van der Waals surface area (Å²) in [5.74, 6) is 1.51. The average Bonchev–Trinajstić information content (AvgIpc) is 3.17. The Kier molecular flexibility index (Phi) is 6.32. The Hall–Kier alpha value is -3.00. The van der Waals surface area contributed by atoms with E-state index in [4.69, 9.17) is 9.47 Å². The molecule has 1 N–H and O–H groups in total. The van der Waals surface area contributed by atoms with Crippen molar-refractivity contribution in [3.63, 3.8) is 0 Å². The van der Waals surface area contributed by atoms with Crippen LogP contribution in [0.3, 0.4) is 0 Å². The first-order chi connectivity index (χ1) is 13.2. The van der Waals surface area contributed by atoms with Gasteiger partial charge in [0, 0.05) is 23.1 Å². The molecule has 0 aliphatic heterocycles. The fraction of sp³-hybridized carbons (Fsp3) is 0.263. The monoisotopic (exact) mass is 384 g/mol. The molecule has 0 radical (unpaired) electrons. The minimum atomic E-state index is 0.125. The molecule has 0 atom stereocenters. The molecule has 8 heteroatoms. The van der Waals surface area contributed by atoms with E-state index in [1.807, 2.05) is 41.8 Å². The maximum atomic E-state index is 10.6. The molecule has 3 rings (SSSR count). The second kappa shape index (κ2) is 9.09. The number of nitrogens with zero attached hydrogens (tertiary/aromatic N) is 3. The molecule has 140 valence electrons. The molecule has 2 heterocycles. The van der Waals surface area contributed by atoms with Crippen molar-refractivity contribution >= 4 is 17.2 Å². The summed E-state index contributed by atoms with van der Waals surface area (Å²) >= 11 is 1.48. The predicted octanol–water partition coefficient (Wildman–Crippen LogP) is 4.14. The summed E-state index contributed by atoms with van der Waals surface area (Å²) in [5, 5.41) is 8.21. The Bertz CT molecular complexity index is 896. The van der Waals surface area contributed by atoms with Gasteiger partial charge in [0.15, 0.2) is 0 Å². The fourth-order valence-electron chi connectivity index (χ4n) is 2.62. The highest BCUT2D eigenvalue weighted by atomic mass is 32.1. The number of nitroso groups, excluding NO2 is 1. The second-order valence-corrected chi connectivity index (χ2v) is 6.70. The van der Waals surface area contributed by atoms with Crippen LogP contribution in [0.2, 0.25) is 0 Å². The lowest BCUT2D eigenvalue weighted by Crippen LogP contribution is -2.08. The summed E-state index contributed by atoms with van der Waals surface area (Å²) in [5.41, 5.74) is 2.77. The van der Waals surface area contributed by atoms with Crippen LogP contribution < -0.4 is 14.8 Å². The summed E-state index contributed by atoms with van der Waals surface area (Å²) in [6.07, 6.45) is 0.838. The number of benzene rings is 1. The van der Waals surface area contributed by atoms with Gasteiger partial charge >= 0.3 is 6.01 Å². The molecular weight excluding hydrogens is 364 g/mol. The number of anilines is 1. The lowest BCUT2D eigenvalue weighted by molar-refractivity contribution is 0.381. The number of rotatable bonds is 9. The van der Waals surface area contributed by atoms with Crippen molar-refractivity contribution in [3.8, 4) is 23.0 Å². The number of ether oxygens (including phenoxy) is 2. The molecule has 27 heavy (non-hydrogen) atoms. The van der Waals surface area contributed by atoms with Crippen molar-refractivity contribution in [1.82, 2.24) is 9.97 Å². The van der Waals surface area contributed by atoms with Gasteiger partial charge in [-0.3, -0.25) is 0 Å². The van der Waals surface area contributed by atoms with Crippen LogP contribution in [0.4, 0.5) is 5.82 Å². The fourth-order valence-corrected chi connectivity index (χ4v) is 3.42. The zero-order valence-corrected chi connectivity index (χ0v) is 16.0. The quantitative estimate of drug-likeness (QED) is 0.558. The molecule has 1 aromatic carbocycles. The SMILES string of the molecule is COc1ccc(CCNc2cc(-c3ccsc3CN=O)nc(OC)n2)cc1. The van der Waals surface area contributed by atoms with E-state index >= 15 is 0 Å². The van der Waals surface area contributed by atoms with Crippen LogP contribution in [-0.2, 0) is 13.0 Å². The van der Waals surface area contributed by atoms with Gasteiger partial charge in [-0.05, 0) is 35.6 Å². The van der Waals surface area contributed by atoms with E-state index in [-0.39, 0.29) is 12.6 Å². The third kappa shape index (κ3) is 4.79. The number of hydrogen-bond donors (Lipinski definition) is 1. The molecule has 0 amide bonds. The second-order valence-electron chi connectivity index (χ2n) is 5.69. The Morgan fingerprint density at radius 2 is 1.93 bits per heavy atom. The van der Waals surface area contributed by atoms with E-state index in [0.29, 0.717) is 18.1 Å². The molecule has 7 nitrogen and oxygen atoms in total. The molecule has 0 fully saturated rings. The van der Waals surface area contributed by atoms with Crippen LogP contribution in [0.15, 0.2) is 47.0 Å². The number of aromatic nitrogens is 2. The van der Waals surface area contributed by atoms with Crippen molar-refractivity contribution in [2.45, 2.75) is 13.0 Å². The van der Waals surface area contributed by atoms with Gasteiger partial charge < -0.3 is 14.8 Å². The molecule has 3 aromatic rings. The highest BCUT2D eigenvalue weighted by Crippen LogP contribution is 2.30. The van der Waals surface area contributed by atoms with Crippen molar-refractivity contribution in [2.75, 3.05) is 26.1 Å². The minimum absolute atomic E-state index is 0.125. The molecule has 0 aliphatic carbocycles. The van der Waals surface area contributed by atoms with E-state index < -0.39 is 0 Å².